The Morgan fingerprint density at radius 3 is 2.41 bits per heavy atom. The van der Waals surface area contributed by atoms with Crippen LogP contribution >= 0.6 is 0 Å². The largest absolute Gasteiger partial charge is 0.354 e. The summed E-state index contributed by atoms with van der Waals surface area (Å²) in [6.07, 6.45) is 8.23. The fraction of sp³-hybridized carbons (Fsp3) is 0.857. The second kappa shape index (κ2) is 6.64. The van der Waals surface area contributed by atoms with Gasteiger partial charge in [-0.15, -0.1) is 0 Å². The zero-order chi connectivity index (χ0) is 12.7. The molecule has 1 aliphatic rings. The van der Waals surface area contributed by atoms with Crippen molar-refractivity contribution in [2.24, 2.45) is 11.3 Å². The van der Waals surface area contributed by atoms with E-state index >= 15 is 0 Å². The van der Waals surface area contributed by atoms with Gasteiger partial charge in [0.2, 0.25) is 5.91 Å². The van der Waals surface area contributed by atoms with Gasteiger partial charge in [-0.1, -0.05) is 32.6 Å². The first kappa shape index (κ1) is 14.0. The van der Waals surface area contributed by atoms with Crippen LogP contribution in [0.3, 0.4) is 0 Å². The van der Waals surface area contributed by atoms with Crippen molar-refractivity contribution in [1.29, 1.82) is 5.26 Å². The molecule has 96 valence electrons. The van der Waals surface area contributed by atoms with Crippen molar-refractivity contribution in [2.45, 2.75) is 58.8 Å². The van der Waals surface area contributed by atoms with Crippen molar-refractivity contribution >= 4 is 5.91 Å². The summed E-state index contributed by atoms with van der Waals surface area (Å²) in [4.78, 5) is 11.9. The van der Waals surface area contributed by atoms with Gasteiger partial charge in [-0.3, -0.25) is 4.79 Å². The molecule has 1 saturated carbocycles. The van der Waals surface area contributed by atoms with Gasteiger partial charge in [-0.2, -0.15) is 5.26 Å². The molecule has 1 amide bonds. The highest BCUT2D eigenvalue weighted by Gasteiger charge is 2.31. The summed E-state index contributed by atoms with van der Waals surface area (Å²) in [5, 5.41) is 12.0. The van der Waals surface area contributed by atoms with Gasteiger partial charge in [0.05, 0.1) is 6.07 Å². The Morgan fingerprint density at radius 2 is 1.94 bits per heavy atom. The van der Waals surface area contributed by atoms with Gasteiger partial charge in [-0.05, 0) is 32.1 Å². The first-order valence-electron chi connectivity index (χ1n) is 6.82. The lowest BCUT2D eigenvalue weighted by molar-refractivity contribution is -0.127. The molecule has 1 rings (SSSR count). The molecule has 0 aliphatic heterocycles. The second-order valence-electron chi connectivity index (χ2n) is 5.37. The Balaban J connectivity index is 2.39. The normalized spacial score (nSPS) is 21.0. The molecular formula is C14H24N2O. The van der Waals surface area contributed by atoms with Crippen LogP contribution < -0.4 is 5.32 Å². The minimum Gasteiger partial charge on any atom is -0.354 e. The molecule has 0 heterocycles. The Morgan fingerprint density at radius 1 is 1.35 bits per heavy atom. The smallest absolute Gasteiger partial charge is 0.240 e. The summed E-state index contributed by atoms with van der Waals surface area (Å²) in [7, 11) is 0. The quantitative estimate of drug-likeness (QED) is 0.763. The van der Waals surface area contributed by atoms with E-state index in [9.17, 15) is 4.79 Å². The summed E-state index contributed by atoms with van der Waals surface area (Å²) in [6.45, 7) is 4.35. The summed E-state index contributed by atoms with van der Waals surface area (Å²) >= 11 is 0. The van der Waals surface area contributed by atoms with E-state index in [0.717, 1.165) is 6.54 Å². The van der Waals surface area contributed by atoms with Crippen LogP contribution in [0.25, 0.3) is 0 Å². The van der Waals surface area contributed by atoms with E-state index in [2.05, 4.69) is 11.4 Å². The van der Waals surface area contributed by atoms with E-state index < -0.39 is 5.41 Å². The van der Waals surface area contributed by atoms with Crippen molar-refractivity contribution in [3.8, 4) is 6.07 Å². The fourth-order valence-electron chi connectivity index (χ4n) is 2.29. The number of carbonyl (C=O) groups is 1. The third kappa shape index (κ3) is 4.03. The first-order chi connectivity index (χ1) is 8.12. The van der Waals surface area contributed by atoms with Crippen LogP contribution in [0.5, 0.6) is 0 Å². The predicted molar refractivity (Wildman–Crippen MR) is 68.2 cm³/mol. The van der Waals surface area contributed by atoms with Crippen LogP contribution in [0.1, 0.15) is 58.8 Å². The average Bonchev–Trinajstić information content (AvgIpc) is 2.63. The molecule has 17 heavy (non-hydrogen) atoms. The molecular weight excluding hydrogens is 212 g/mol. The summed E-state index contributed by atoms with van der Waals surface area (Å²) in [5.41, 5.74) is -0.856. The number of nitrogens with zero attached hydrogens (tertiary/aromatic N) is 1. The fourth-order valence-corrected chi connectivity index (χ4v) is 2.29. The molecule has 0 saturated heterocycles. The minimum atomic E-state index is -0.856. The zero-order valence-corrected chi connectivity index (χ0v) is 11.1. The number of rotatable bonds is 4. The maximum absolute atomic E-state index is 11.9. The lowest BCUT2D eigenvalue weighted by Gasteiger charge is -2.21. The van der Waals surface area contributed by atoms with Gasteiger partial charge in [0, 0.05) is 6.54 Å². The molecule has 0 radical (unpaired) electrons. The molecule has 3 heteroatoms. The van der Waals surface area contributed by atoms with Gasteiger partial charge in [0.25, 0.3) is 0 Å². The zero-order valence-electron chi connectivity index (χ0n) is 11.1. The van der Waals surface area contributed by atoms with Crippen LogP contribution in [0.2, 0.25) is 0 Å². The van der Waals surface area contributed by atoms with Gasteiger partial charge < -0.3 is 5.32 Å². The van der Waals surface area contributed by atoms with Crippen molar-refractivity contribution < 1.29 is 4.79 Å². The molecule has 3 nitrogen and oxygen atoms in total. The molecule has 1 N–H and O–H groups in total. The predicted octanol–water partition coefficient (Wildman–Crippen LogP) is 3.01. The summed E-state index contributed by atoms with van der Waals surface area (Å²) in [6, 6.07) is 2.12. The van der Waals surface area contributed by atoms with E-state index in [1.807, 2.05) is 6.92 Å². The van der Waals surface area contributed by atoms with Crippen LogP contribution in [-0.2, 0) is 4.79 Å². The molecule has 0 spiro atoms. The van der Waals surface area contributed by atoms with Gasteiger partial charge in [-0.25, -0.2) is 0 Å². The third-order valence-corrected chi connectivity index (χ3v) is 3.98. The highest BCUT2D eigenvalue weighted by molar-refractivity contribution is 5.84. The SMILES string of the molecule is CC[C@](C)(C#N)C(=O)NCC1CCCCCC1. The molecule has 1 atom stereocenters. The van der Waals surface area contributed by atoms with Crippen LogP contribution in [0.15, 0.2) is 0 Å². The minimum absolute atomic E-state index is 0.105. The van der Waals surface area contributed by atoms with Crippen molar-refractivity contribution in [2.75, 3.05) is 6.54 Å². The average molecular weight is 236 g/mol. The van der Waals surface area contributed by atoms with E-state index in [1.165, 1.54) is 38.5 Å². The molecule has 1 fully saturated rings. The number of nitrogens with one attached hydrogen (secondary N) is 1. The van der Waals surface area contributed by atoms with Crippen molar-refractivity contribution in [3.05, 3.63) is 0 Å². The number of hydrogen-bond acceptors (Lipinski definition) is 2. The van der Waals surface area contributed by atoms with E-state index in [1.54, 1.807) is 6.92 Å². The Kier molecular flexibility index (Phi) is 5.47. The number of amides is 1. The van der Waals surface area contributed by atoms with Gasteiger partial charge in [0.1, 0.15) is 5.41 Å². The van der Waals surface area contributed by atoms with Gasteiger partial charge >= 0.3 is 0 Å². The Labute approximate surface area is 105 Å². The third-order valence-electron chi connectivity index (χ3n) is 3.98. The van der Waals surface area contributed by atoms with Crippen molar-refractivity contribution in [1.82, 2.24) is 5.32 Å². The summed E-state index contributed by atoms with van der Waals surface area (Å²) < 4.78 is 0. The number of nitriles is 1. The van der Waals surface area contributed by atoms with E-state index in [4.69, 9.17) is 5.26 Å². The van der Waals surface area contributed by atoms with E-state index in [-0.39, 0.29) is 5.91 Å². The molecule has 1 aliphatic carbocycles. The number of hydrogen-bond donors (Lipinski definition) is 1. The molecule has 0 unspecified atom stereocenters. The molecule has 0 aromatic carbocycles. The molecule has 0 aromatic rings. The Hall–Kier alpha value is -1.04. The second-order valence-corrected chi connectivity index (χ2v) is 5.37. The lowest BCUT2D eigenvalue weighted by Crippen LogP contribution is -2.39. The Bertz CT molecular complexity index is 287. The topological polar surface area (TPSA) is 52.9 Å². The van der Waals surface area contributed by atoms with Crippen LogP contribution in [0, 0.1) is 22.7 Å². The highest BCUT2D eigenvalue weighted by atomic mass is 16.2. The molecule has 0 aromatic heterocycles. The highest BCUT2D eigenvalue weighted by Crippen LogP contribution is 2.23. The van der Waals surface area contributed by atoms with E-state index in [0.29, 0.717) is 12.3 Å². The maximum Gasteiger partial charge on any atom is 0.240 e. The monoisotopic (exact) mass is 236 g/mol. The molecule has 0 bridgehead atoms. The maximum atomic E-state index is 11.9. The van der Waals surface area contributed by atoms with Crippen LogP contribution in [-0.4, -0.2) is 12.5 Å². The standard InChI is InChI=1S/C14H24N2O/c1-3-14(2,11-15)13(17)16-10-12-8-6-4-5-7-9-12/h12H,3-10H2,1-2H3,(H,16,17)/t14-/m1/s1. The summed E-state index contributed by atoms with van der Waals surface area (Å²) in [5.74, 6) is 0.507. The van der Waals surface area contributed by atoms with Crippen LogP contribution in [0.4, 0.5) is 0 Å². The number of carbonyl (C=O) groups excluding carboxylic acids is 1. The lowest BCUT2D eigenvalue weighted by atomic mass is 9.88. The first-order valence-corrected chi connectivity index (χ1v) is 6.82. The van der Waals surface area contributed by atoms with Crippen molar-refractivity contribution in [3.63, 3.8) is 0 Å². The van der Waals surface area contributed by atoms with Gasteiger partial charge in [0.15, 0.2) is 0 Å².